The van der Waals surface area contributed by atoms with Gasteiger partial charge in [0, 0.05) is 51.3 Å². The Bertz CT molecular complexity index is 951. The third kappa shape index (κ3) is 4.72. The summed E-state index contributed by atoms with van der Waals surface area (Å²) < 4.78 is 37.6. The first-order valence-electron chi connectivity index (χ1n) is 10.9. The minimum absolute atomic E-state index is 0.0905. The number of nitrogens with zero attached hydrogens (tertiary/aromatic N) is 4. The van der Waals surface area contributed by atoms with Gasteiger partial charge in [0.1, 0.15) is 5.69 Å². The fourth-order valence-electron chi connectivity index (χ4n) is 4.42. The van der Waals surface area contributed by atoms with Gasteiger partial charge in [-0.3, -0.25) is 14.9 Å². The van der Waals surface area contributed by atoms with E-state index in [0.717, 1.165) is 6.07 Å². The first-order chi connectivity index (χ1) is 15.4. The molecule has 0 radical (unpaired) electrons. The average molecular weight is 469 g/mol. The number of nitro groups is 1. The van der Waals surface area contributed by atoms with Crippen molar-refractivity contribution < 1.29 is 27.6 Å². The van der Waals surface area contributed by atoms with Gasteiger partial charge in [-0.25, -0.2) is 8.42 Å². The molecule has 1 aromatic rings. The zero-order chi connectivity index (χ0) is 22.7. The molecule has 1 amide bonds. The molecule has 3 aliphatic rings. The highest BCUT2D eigenvalue weighted by Gasteiger charge is 2.33. The van der Waals surface area contributed by atoms with Crippen LogP contribution in [0.2, 0.25) is 0 Å². The number of ether oxygens (including phenoxy) is 2. The summed E-state index contributed by atoms with van der Waals surface area (Å²) in [5, 5.41) is 11.8. The fraction of sp³-hybridized carbons (Fsp3) is 0.650. The minimum atomic E-state index is -3.83. The summed E-state index contributed by atoms with van der Waals surface area (Å²) in [6.07, 6.45) is 1.20. The highest BCUT2D eigenvalue weighted by molar-refractivity contribution is 7.89. The van der Waals surface area contributed by atoms with Crippen molar-refractivity contribution in [2.24, 2.45) is 5.92 Å². The van der Waals surface area contributed by atoms with Crippen LogP contribution in [0.25, 0.3) is 0 Å². The molecule has 0 aromatic heterocycles. The van der Waals surface area contributed by atoms with E-state index in [2.05, 4.69) is 0 Å². The number of hydrogen-bond acceptors (Lipinski definition) is 8. The number of carbonyl (C=O) groups excluding carboxylic acids is 1. The summed E-state index contributed by atoms with van der Waals surface area (Å²) in [7, 11) is -3.83. The monoisotopic (exact) mass is 468 g/mol. The second-order valence-corrected chi connectivity index (χ2v) is 10.1. The van der Waals surface area contributed by atoms with Crippen LogP contribution >= 0.6 is 0 Å². The summed E-state index contributed by atoms with van der Waals surface area (Å²) in [5.74, 6) is 0.0128. The zero-order valence-electron chi connectivity index (χ0n) is 17.8. The van der Waals surface area contributed by atoms with E-state index >= 15 is 0 Å². The Hall–Kier alpha value is -2.28. The lowest BCUT2D eigenvalue weighted by Gasteiger charge is -2.36. The molecule has 176 valence electrons. The topological polar surface area (TPSA) is 123 Å². The summed E-state index contributed by atoms with van der Waals surface area (Å²) in [5.41, 5.74) is 0.144. The molecule has 3 aliphatic heterocycles. The first-order valence-corrected chi connectivity index (χ1v) is 12.3. The predicted molar refractivity (Wildman–Crippen MR) is 115 cm³/mol. The molecular formula is C20H28N4O7S. The molecule has 12 heteroatoms. The van der Waals surface area contributed by atoms with E-state index in [1.54, 1.807) is 0 Å². The van der Waals surface area contributed by atoms with Crippen LogP contribution in [-0.2, 0) is 24.3 Å². The van der Waals surface area contributed by atoms with Gasteiger partial charge in [0.05, 0.1) is 36.2 Å². The minimum Gasteiger partial charge on any atom is -0.379 e. The van der Waals surface area contributed by atoms with Gasteiger partial charge in [-0.1, -0.05) is 0 Å². The van der Waals surface area contributed by atoms with Crippen molar-refractivity contribution in [1.82, 2.24) is 9.21 Å². The van der Waals surface area contributed by atoms with Gasteiger partial charge in [0.2, 0.25) is 15.9 Å². The summed E-state index contributed by atoms with van der Waals surface area (Å²) in [6.45, 7) is 4.36. The highest BCUT2D eigenvalue weighted by Crippen LogP contribution is 2.34. The van der Waals surface area contributed by atoms with Crippen LogP contribution in [0.4, 0.5) is 11.4 Å². The molecule has 1 aromatic carbocycles. The van der Waals surface area contributed by atoms with Crippen LogP contribution in [0.5, 0.6) is 0 Å². The molecular weight excluding hydrogens is 440 g/mol. The van der Waals surface area contributed by atoms with Crippen molar-refractivity contribution in [3.8, 4) is 0 Å². The number of nitro benzene ring substituents is 1. The average Bonchev–Trinajstić information content (AvgIpc) is 2.84. The van der Waals surface area contributed by atoms with Crippen LogP contribution in [0, 0.1) is 16.0 Å². The van der Waals surface area contributed by atoms with E-state index in [4.69, 9.17) is 9.47 Å². The molecule has 32 heavy (non-hydrogen) atoms. The lowest BCUT2D eigenvalue weighted by molar-refractivity contribution is -0.384. The van der Waals surface area contributed by atoms with Crippen molar-refractivity contribution >= 4 is 27.3 Å². The molecule has 0 bridgehead atoms. The maximum absolute atomic E-state index is 12.9. The summed E-state index contributed by atoms with van der Waals surface area (Å²) >= 11 is 0. The van der Waals surface area contributed by atoms with E-state index in [-0.39, 0.29) is 35.5 Å². The zero-order valence-corrected chi connectivity index (χ0v) is 18.7. The summed E-state index contributed by atoms with van der Waals surface area (Å²) in [6, 6.07) is 4.08. The molecule has 3 saturated heterocycles. The van der Waals surface area contributed by atoms with E-state index in [0.29, 0.717) is 71.1 Å². The standard InChI is InChI=1S/C20H28N4O7S/c25-20(22-7-11-30-12-8-22)16-3-5-21(6-4-16)18-2-1-17(15-19(18)24(26)27)32(28,29)23-9-13-31-14-10-23/h1-2,15-16H,3-14H2. The molecule has 0 spiro atoms. The third-order valence-corrected chi connectivity index (χ3v) is 8.15. The Morgan fingerprint density at radius 3 is 2.16 bits per heavy atom. The van der Waals surface area contributed by atoms with Crippen molar-refractivity contribution in [3.05, 3.63) is 28.3 Å². The smallest absolute Gasteiger partial charge is 0.293 e. The number of benzene rings is 1. The molecule has 3 heterocycles. The Kier molecular flexibility index (Phi) is 6.93. The second-order valence-electron chi connectivity index (χ2n) is 8.12. The fourth-order valence-corrected chi connectivity index (χ4v) is 5.85. The first kappa shape index (κ1) is 22.9. The number of anilines is 1. The molecule has 0 aliphatic carbocycles. The Balaban J connectivity index is 1.48. The lowest BCUT2D eigenvalue weighted by atomic mass is 9.94. The van der Waals surface area contributed by atoms with Crippen molar-refractivity contribution in [1.29, 1.82) is 0 Å². The molecule has 0 atom stereocenters. The number of carbonyl (C=O) groups is 1. The molecule has 4 rings (SSSR count). The van der Waals surface area contributed by atoms with Crippen LogP contribution in [0.1, 0.15) is 12.8 Å². The second kappa shape index (κ2) is 9.69. The molecule has 11 nitrogen and oxygen atoms in total. The predicted octanol–water partition coefficient (Wildman–Crippen LogP) is 0.691. The van der Waals surface area contributed by atoms with Gasteiger partial charge >= 0.3 is 0 Å². The van der Waals surface area contributed by atoms with Gasteiger partial charge in [0.15, 0.2) is 0 Å². The Morgan fingerprint density at radius 2 is 1.56 bits per heavy atom. The number of rotatable bonds is 5. The van der Waals surface area contributed by atoms with Crippen LogP contribution < -0.4 is 4.90 Å². The molecule has 0 N–H and O–H groups in total. The van der Waals surface area contributed by atoms with Crippen LogP contribution in [0.15, 0.2) is 23.1 Å². The molecule has 3 fully saturated rings. The van der Waals surface area contributed by atoms with E-state index in [1.807, 2.05) is 9.80 Å². The van der Waals surface area contributed by atoms with Gasteiger partial charge in [-0.15, -0.1) is 0 Å². The van der Waals surface area contributed by atoms with Gasteiger partial charge in [-0.2, -0.15) is 4.31 Å². The SMILES string of the molecule is O=C(C1CCN(c2ccc(S(=O)(=O)N3CCOCC3)cc2[N+](=O)[O-])CC1)N1CCOCC1. The van der Waals surface area contributed by atoms with Crippen molar-refractivity contribution in [2.45, 2.75) is 17.7 Å². The van der Waals surface area contributed by atoms with Crippen molar-refractivity contribution in [2.75, 3.05) is 70.6 Å². The maximum Gasteiger partial charge on any atom is 0.293 e. The number of amides is 1. The van der Waals surface area contributed by atoms with Gasteiger partial charge in [0.25, 0.3) is 5.69 Å². The molecule has 0 unspecified atom stereocenters. The Morgan fingerprint density at radius 1 is 0.969 bits per heavy atom. The van der Waals surface area contributed by atoms with Gasteiger partial charge < -0.3 is 19.3 Å². The van der Waals surface area contributed by atoms with Crippen LogP contribution in [-0.4, -0.2) is 94.1 Å². The maximum atomic E-state index is 12.9. The summed E-state index contributed by atoms with van der Waals surface area (Å²) in [4.78, 5) is 27.6. The van der Waals surface area contributed by atoms with E-state index in [9.17, 15) is 23.3 Å². The van der Waals surface area contributed by atoms with Crippen LogP contribution in [0.3, 0.4) is 0 Å². The third-order valence-electron chi connectivity index (χ3n) is 6.26. The molecule has 0 saturated carbocycles. The van der Waals surface area contributed by atoms with Gasteiger partial charge in [-0.05, 0) is 25.0 Å². The number of piperidine rings is 1. The largest absolute Gasteiger partial charge is 0.379 e. The normalized spacial score (nSPS) is 21.5. The van der Waals surface area contributed by atoms with E-state index < -0.39 is 14.9 Å². The highest BCUT2D eigenvalue weighted by atomic mass is 32.2. The number of sulfonamides is 1. The number of morpholine rings is 2. The Labute approximate surface area is 187 Å². The lowest BCUT2D eigenvalue weighted by Crippen LogP contribution is -2.46. The van der Waals surface area contributed by atoms with Crippen molar-refractivity contribution in [3.63, 3.8) is 0 Å². The number of hydrogen-bond donors (Lipinski definition) is 0. The quantitative estimate of drug-likeness (QED) is 0.457. The van der Waals surface area contributed by atoms with E-state index in [1.165, 1.54) is 16.4 Å².